The van der Waals surface area contributed by atoms with Gasteiger partial charge in [0, 0.05) is 56.9 Å². The molecule has 4 rings (SSSR count). The summed E-state index contributed by atoms with van der Waals surface area (Å²) in [6, 6.07) is 5.35. The summed E-state index contributed by atoms with van der Waals surface area (Å²) < 4.78 is 32.1. The van der Waals surface area contributed by atoms with Gasteiger partial charge in [-0.1, -0.05) is 26.0 Å². The van der Waals surface area contributed by atoms with Crippen LogP contribution in [0.3, 0.4) is 0 Å². The van der Waals surface area contributed by atoms with Crippen LogP contribution in [-0.2, 0) is 19.0 Å². The van der Waals surface area contributed by atoms with E-state index in [0.29, 0.717) is 63.8 Å². The number of amides is 1. The van der Waals surface area contributed by atoms with E-state index >= 15 is 0 Å². The Bertz CT molecular complexity index is 1180. The van der Waals surface area contributed by atoms with Gasteiger partial charge in [-0.15, -0.1) is 0 Å². The Morgan fingerprint density at radius 1 is 1.05 bits per heavy atom. The van der Waals surface area contributed by atoms with Crippen LogP contribution < -0.4 is 4.90 Å². The topological polar surface area (TPSA) is 91.8 Å². The highest BCUT2D eigenvalue weighted by Gasteiger charge is 2.30. The lowest BCUT2D eigenvalue weighted by molar-refractivity contribution is -0.151. The van der Waals surface area contributed by atoms with Crippen molar-refractivity contribution in [2.24, 2.45) is 11.8 Å². The molecule has 3 aliphatic rings. The molecule has 0 aromatic heterocycles. The van der Waals surface area contributed by atoms with E-state index in [1.54, 1.807) is 4.90 Å². The van der Waals surface area contributed by atoms with Crippen molar-refractivity contribution in [3.63, 3.8) is 0 Å². The summed E-state index contributed by atoms with van der Waals surface area (Å²) in [7, 11) is 0. The van der Waals surface area contributed by atoms with Crippen LogP contribution in [0, 0.1) is 17.7 Å². The van der Waals surface area contributed by atoms with Gasteiger partial charge in [-0.25, -0.2) is 9.18 Å². The molecule has 1 amide bonds. The van der Waals surface area contributed by atoms with Crippen LogP contribution in [0.2, 0.25) is 0 Å². The highest BCUT2D eigenvalue weighted by molar-refractivity contribution is 5.71. The van der Waals surface area contributed by atoms with Gasteiger partial charge in [0.05, 0.1) is 25.7 Å². The molecular weight excluding hydrogens is 565 g/mol. The van der Waals surface area contributed by atoms with Crippen molar-refractivity contribution in [3.05, 3.63) is 47.3 Å². The van der Waals surface area contributed by atoms with Crippen LogP contribution in [0.5, 0.6) is 0 Å². The minimum atomic E-state index is -0.867. The standard InChI is InChI=1S/C34H50FN3O6/c1-23(2)36-10-12-38(13-11-36)34(41)43-31-9-7-25(4)33(44-32(40)22-30(39)8-6-24(31)3)26(5)18-27-19-28(35)21-29(20-27)37-14-16-42-17-15-37/h7,9,18-21,23-25,30-31,33,39H,6,8,10-17,22H2,1-5H3/b9-7-,26-18+/t24-,25-,30+,31-,33-/m0/s1. The van der Waals surface area contributed by atoms with Crippen molar-refractivity contribution in [1.82, 2.24) is 9.80 Å². The molecule has 244 valence electrons. The first-order chi connectivity index (χ1) is 21.0. The van der Waals surface area contributed by atoms with E-state index in [9.17, 15) is 19.1 Å². The zero-order chi connectivity index (χ0) is 31.8. The zero-order valence-electron chi connectivity index (χ0n) is 26.9. The molecule has 1 aromatic rings. The fraction of sp³-hybridized carbons (Fsp3) is 0.647. The summed E-state index contributed by atoms with van der Waals surface area (Å²) in [4.78, 5) is 32.3. The van der Waals surface area contributed by atoms with Crippen LogP contribution in [0.4, 0.5) is 14.9 Å². The third-order valence-corrected chi connectivity index (χ3v) is 8.92. The van der Waals surface area contributed by atoms with Gasteiger partial charge in [-0.2, -0.15) is 0 Å². The van der Waals surface area contributed by atoms with Gasteiger partial charge in [-0.3, -0.25) is 9.69 Å². The van der Waals surface area contributed by atoms with Crippen molar-refractivity contribution in [2.45, 2.75) is 78.2 Å². The molecule has 0 unspecified atom stereocenters. The van der Waals surface area contributed by atoms with E-state index in [-0.39, 0.29) is 30.2 Å². The molecule has 2 fully saturated rings. The number of cyclic esters (lactones) is 1. The largest absolute Gasteiger partial charge is 0.457 e. The lowest BCUT2D eigenvalue weighted by atomic mass is 9.91. The molecule has 44 heavy (non-hydrogen) atoms. The van der Waals surface area contributed by atoms with Crippen molar-refractivity contribution >= 4 is 23.8 Å². The van der Waals surface area contributed by atoms with Gasteiger partial charge in [-0.05, 0) is 74.9 Å². The van der Waals surface area contributed by atoms with Gasteiger partial charge in [0.15, 0.2) is 0 Å². The van der Waals surface area contributed by atoms with Crippen LogP contribution in [0.15, 0.2) is 35.9 Å². The second kappa shape index (κ2) is 15.9. The smallest absolute Gasteiger partial charge is 0.410 e. The summed E-state index contributed by atoms with van der Waals surface area (Å²) in [6.07, 6.45) is 4.14. The maximum absolute atomic E-state index is 14.7. The van der Waals surface area contributed by atoms with Crippen LogP contribution in [-0.4, -0.2) is 104 Å². The average molecular weight is 616 g/mol. The number of aliphatic hydroxyl groups excluding tert-OH is 1. The number of ether oxygens (including phenoxy) is 3. The summed E-state index contributed by atoms with van der Waals surface area (Å²) in [5.41, 5.74) is 2.19. The average Bonchev–Trinajstić information content (AvgIpc) is 3.00. The number of nitrogens with zero attached hydrogens (tertiary/aromatic N) is 3. The number of piperazine rings is 1. The molecular formula is C34H50FN3O6. The number of carbonyl (C=O) groups excluding carboxylic acids is 2. The quantitative estimate of drug-likeness (QED) is 0.370. The number of benzene rings is 1. The van der Waals surface area contributed by atoms with E-state index in [1.807, 2.05) is 45.1 Å². The lowest BCUT2D eigenvalue weighted by Crippen LogP contribution is -2.51. The molecule has 2 saturated heterocycles. The minimum absolute atomic E-state index is 0.0644. The van der Waals surface area contributed by atoms with E-state index in [4.69, 9.17) is 14.2 Å². The molecule has 0 radical (unpaired) electrons. The molecule has 0 bridgehead atoms. The highest BCUT2D eigenvalue weighted by atomic mass is 19.1. The van der Waals surface area contributed by atoms with Crippen LogP contribution >= 0.6 is 0 Å². The first kappa shape index (κ1) is 33.9. The number of anilines is 1. The van der Waals surface area contributed by atoms with Crippen molar-refractivity contribution in [1.29, 1.82) is 0 Å². The number of carbonyl (C=O) groups is 2. The van der Waals surface area contributed by atoms with E-state index in [1.165, 1.54) is 12.1 Å². The number of rotatable bonds is 5. The monoisotopic (exact) mass is 615 g/mol. The second-order valence-corrected chi connectivity index (χ2v) is 12.8. The highest BCUT2D eigenvalue weighted by Crippen LogP contribution is 2.27. The molecule has 3 heterocycles. The maximum Gasteiger partial charge on any atom is 0.410 e. The van der Waals surface area contributed by atoms with Crippen molar-refractivity contribution in [2.75, 3.05) is 57.4 Å². The predicted octanol–water partition coefficient (Wildman–Crippen LogP) is 4.88. The SMILES string of the molecule is C/C(=C\c1cc(F)cc(N2CCOCC2)c1)[C@H]1OC(=O)C[C@H](O)CC[C@H](C)[C@@H](OC(=O)N2CCN(C(C)C)CC2)/C=C\[C@@H]1C. The Labute approximate surface area is 261 Å². The summed E-state index contributed by atoms with van der Waals surface area (Å²) in [5.74, 6) is -1.17. The lowest BCUT2D eigenvalue weighted by Gasteiger charge is -2.37. The molecule has 3 aliphatic heterocycles. The third kappa shape index (κ3) is 9.52. The molecule has 5 atom stereocenters. The fourth-order valence-electron chi connectivity index (χ4n) is 6.09. The van der Waals surface area contributed by atoms with E-state index < -0.39 is 24.3 Å². The molecule has 0 saturated carbocycles. The molecule has 10 heteroatoms. The predicted molar refractivity (Wildman–Crippen MR) is 169 cm³/mol. The van der Waals surface area contributed by atoms with Crippen LogP contribution in [0.25, 0.3) is 6.08 Å². The molecule has 9 nitrogen and oxygen atoms in total. The number of hydrogen-bond donors (Lipinski definition) is 1. The van der Waals surface area contributed by atoms with Gasteiger partial charge >= 0.3 is 12.1 Å². The van der Waals surface area contributed by atoms with Gasteiger partial charge in [0.2, 0.25) is 0 Å². The van der Waals surface area contributed by atoms with E-state index in [0.717, 1.165) is 24.4 Å². The Morgan fingerprint density at radius 3 is 2.43 bits per heavy atom. The van der Waals surface area contributed by atoms with Gasteiger partial charge in [0.25, 0.3) is 0 Å². The number of hydrogen-bond acceptors (Lipinski definition) is 8. The second-order valence-electron chi connectivity index (χ2n) is 12.8. The Hall–Kier alpha value is -2.95. The summed E-state index contributed by atoms with van der Waals surface area (Å²) in [5, 5.41) is 10.6. The third-order valence-electron chi connectivity index (χ3n) is 8.92. The number of esters is 1. The summed E-state index contributed by atoms with van der Waals surface area (Å²) >= 11 is 0. The Morgan fingerprint density at radius 2 is 1.75 bits per heavy atom. The fourth-order valence-corrected chi connectivity index (χ4v) is 6.09. The number of aliphatic hydroxyl groups is 1. The molecule has 1 aromatic carbocycles. The molecule has 0 spiro atoms. The normalized spacial score (nSPS) is 29.0. The van der Waals surface area contributed by atoms with E-state index in [2.05, 4.69) is 23.6 Å². The number of halogens is 1. The van der Waals surface area contributed by atoms with Crippen LogP contribution in [0.1, 0.15) is 59.4 Å². The molecule has 0 aliphatic carbocycles. The maximum atomic E-state index is 14.7. The number of morpholine rings is 1. The Kier molecular flexibility index (Phi) is 12.2. The minimum Gasteiger partial charge on any atom is -0.457 e. The van der Waals surface area contributed by atoms with Gasteiger partial charge < -0.3 is 29.1 Å². The summed E-state index contributed by atoms with van der Waals surface area (Å²) in [6.45, 7) is 15.5. The Balaban J connectivity index is 1.53. The molecule has 1 N–H and O–H groups in total. The van der Waals surface area contributed by atoms with Crippen molar-refractivity contribution < 1.29 is 33.3 Å². The van der Waals surface area contributed by atoms with Gasteiger partial charge in [0.1, 0.15) is 18.0 Å². The van der Waals surface area contributed by atoms with Crippen molar-refractivity contribution in [3.8, 4) is 0 Å². The zero-order valence-corrected chi connectivity index (χ0v) is 26.9. The first-order valence-electron chi connectivity index (χ1n) is 16.1. The first-order valence-corrected chi connectivity index (χ1v) is 16.1.